The lowest BCUT2D eigenvalue weighted by atomic mass is 10.1. The Morgan fingerprint density at radius 3 is 2.69 bits per heavy atom. The fourth-order valence-corrected chi connectivity index (χ4v) is 2.42. The Kier molecular flexibility index (Phi) is 7.14. The molecule has 0 aliphatic carbocycles. The lowest BCUT2D eigenvalue weighted by Crippen LogP contribution is -2.45. The second kappa shape index (κ2) is 9.56. The van der Waals surface area contributed by atoms with Gasteiger partial charge in [0.2, 0.25) is 11.8 Å². The minimum Gasteiger partial charge on any atom is -0.489 e. The van der Waals surface area contributed by atoms with Gasteiger partial charge in [0.15, 0.2) is 0 Å². The zero-order chi connectivity index (χ0) is 18.9. The third kappa shape index (κ3) is 5.88. The Labute approximate surface area is 154 Å². The number of ether oxygens (including phenoxy) is 1. The van der Waals surface area contributed by atoms with Crippen LogP contribution in [0, 0.1) is 0 Å². The van der Waals surface area contributed by atoms with Crippen molar-refractivity contribution in [2.45, 2.75) is 32.9 Å². The zero-order valence-corrected chi connectivity index (χ0v) is 15.4. The summed E-state index contributed by atoms with van der Waals surface area (Å²) in [7, 11) is 1.72. The van der Waals surface area contributed by atoms with Crippen molar-refractivity contribution in [3.8, 4) is 5.75 Å². The first-order valence-electron chi connectivity index (χ1n) is 8.64. The Balaban J connectivity index is 1.89. The summed E-state index contributed by atoms with van der Waals surface area (Å²) in [6.07, 6.45) is 3.66. The van der Waals surface area contributed by atoms with Crippen LogP contribution in [0.2, 0.25) is 0 Å². The summed E-state index contributed by atoms with van der Waals surface area (Å²) in [4.78, 5) is 29.9. The monoisotopic (exact) mass is 355 g/mol. The van der Waals surface area contributed by atoms with Gasteiger partial charge in [0.05, 0.1) is 6.42 Å². The number of hydrogen-bond donors (Lipinski definition) is 1. The van der Waals surface area contributed by atoms with Crippen molar-refractivity contribution in [1.82, 2.24) is 15.2 Å². The van der Waals surface area contributed by atoms with Crippen LogP contribution in [0.4, 0.5) is 0 Å². The van der Waals surface area contributed by atoms with Crippen LogP contribution in [0.25, 0.3) is 0 Å². The summed E-state index contributed by atoms with van der Waals surface area (Å²) >= 11 is 0. The average Bonchev–Trinajstić information content (AvgIpc) is 2.66. The normalized spacial score (nSPS) is 11.5. The van der Waals surface area contributed by atoms with Crippen LogP contribution in [-0.2, 0) is 22.6 Å². The number of nitrogens with one attached hydrogen (secondary N) is 1. The molecule has 138 valence electrons. The number of pyridine rings is 1. The SMILES string of the molecule is CCN(C)C(=O)[C@H](C)NC(=O)Cc1cccc(OCc2cccnc2)c1. The van der Waals surface area contributed by atoms with Crippen LogP contribution in [0.3, 0.4) is 0 Å². The van der Waals surface area contributed by atoms with Crippen LogP contribution < -0.4 is 10.1 Å². The van der Waals surface area contributed by atoms with Crippen LogP contribution in [0.1, 0.15) is 25.0 Å². The van der Waals surface area contributed by atoms with E-state index in [0.717, 1.165) is 11.1 Å². The van der Waals surface area contributed by atoms with Crippen molar-refractivity contribution in [2.24, 2.45) is 0 Å². The van der Waals surface area contributed by atoms with E-state index in [1.54, 1.807) is 31.3 Å². The van der Waals surface area contributed by atoms with E-state index in [-0.39, 0.29) is 18.2 Å². The maximum Gasteiger partial charge on any atom is 0.244 e. The standard InChI is InChI=1S/C20H25N3O3/c1-4-23(3)20(25)15(2)22-19(24)12-16-7-5-9-18(11-16)26-14-17-8-6-10-21-13-17/h5-11,13,15H,4,12,14H2,1-3H3,(H,22,24)/t15-/m0/s1. The molecular weight excluding hydrogens is 330 g/mol. The highest BCUT2D eigenvalue weighted by molar-refractivity contribution is 5.88. The quantitative estimate of drug-likeness (QED) is 0.788. The van der Waals surface area contributed by atoms with Gasteiger partial charge in [-0.3, -0.25) is 14.6 Å². The smallest absolute Gasteiger partial charge is 0.244 e. The topological polar surface area (TPSA) is 71.5 Å². The van der Waals surface area contributed by atoms with Gasteiger partial charge < -0.3 is 15.0 Å². The van der Waals surface area contributed by atoms with Gasteiger partial charge in [0, 0.05) is 31.5 Å². The van der Waals surface area contributed by atoms with Crippen LogP contribution in [0.5, 0.6) is 5.75 Å². The first-order valence-corrected chi connectivity index (χ1v) is 8.64. The van der Waals surface area contributed by atoms with Crippen LogP contribution in [-0.4, -0.2) is 41.3 Å². The average molecular weight is 355 g/mol. The molecule has 6 heteroatoms. The summed E-state index contributed by atoms with van der Waals surface area (Å²) in [5.41, 5.74) is 1.80. The van der Waals surface area contributed by atoms with Gasteiger partial charge in [-0.05, 0) is 37.6 Å². The number of carbonyl (C=O) groups excluding carboxylic acids is 2. The molecular formula is C20H25N3O3. The molecule has 1 atom stereocenters. The summed E-state index contributed by atoms with van der Waals surface area (Å²) in [5, 5.41) is 2.74. The number of carbonyl (C=O) groups is 2. The van der Waals surface area contributed by atoms with E-state index in [0.29, 0.717) is 18.9 Å². The molecule has 0 bridgehead atoms. The van der Waals surface area contributed by atoms with Gasteiger partial charge >= 0.3 is 0 Å². The fraction of sp³-hybridized carbons (Fsp3) is 0.350. The molecule has 0 unspecified atom stereocenters. The molecule has 6 nitrogen and oxygen atoms in total. The highest BCUT2D eigenvalue weighted by Gasteiger charge is 2.18. The zero-order valence-electron chi connectivity index (χ0n) is 15.4. The second-order valence-corrected chi connectivity index (χ2v) is 6.12. The molecule has 1 aromatic carbocycles. The number of likely N-dealkylation sites (N-methyl/N-ethyl adjacent to an activating group) is 1. The van der Waals surface area contributed by atoms with Gasteiger partial charge in [-0.2, -0.15) is 0 Å². The van der Waals surface area contributed by atoms with E-state index in [4.69, 9.17) is 4.74 Å². The van der Waals surface area contributed by atoms with Crippen molar-refractivity contribution in [3.05, 3.63) is 59.9 Å². The number of amides is 2. The van der Waals surface area contributed by atoms with E-state index in [1.165, 1.54) is 0 Å². The first kappa shape index (κ1) is 19.4. The van der Waals surface area contributed by atoms with Crippen molar-refractivity contribution < 1.29 is 14.3 Å². The third-order valence-corrected chi connectivity index (χ3v) is 3.99. The second-order valence-electron chi connectivity index (χ2n) is 6.12. The van der Waals surface area contributed by atoms with Crippen LogP contribution in [0.15, 0.2) is 48.8 Å². The molecule has 0 spiro atoms. The fourth-order valence-electron chi connectivity index (χ4n) is 2.42. The van der Waals surface area contributed by atoms with Gasteiger partial charge in [0.1, 0.15) is 18.4 Å². The summed E-state index contributed by atoms with van der Waals surface area (Å²) < 4.78 is 5.75. The molecule has 1 aromatic heterocycles. The molecule has 1 heterocycles. The minimum atomic E-state index is -0.544. The van der Waals surface area contributed by atoms with Crippen molar-refractivity contribution >= 4 is 11.8 Å². The number of rotatable bonds is 8. The van der Waals surface area contributed by atoms with E-state index >= 15 is 0 Å². The highest BCUT2D eigenvalue weighted by atomic mass is 16.5. The lowest BCUT2D eigenvalue weighted by Gasteiger charge is -2.20. The molecule has 0 fully saturated rings. The Morgan fingerprint density at radius 2 is 2.00 bits per heavy atom. The molecule has 1 N–H and O–H groups in total. The largest absolute Gasteiger partial charge is 0.489 e. The van der Waals surface area contributed by atoms with E-state index in [1.807, 2.05) is 43.3 Å². The molecule has 26 heavy (non-hydrogen) atoms. The van der Waals surface area contributed by atoms with Crippen molar-refractivity contribution in [1.29, 1.82) is 0 Å². The maximum absolute atomic E-state index is 12.2. The van der Waals surface area contributed by atoms with E-state index < -0.39 is 6.04 Å². The van der Waals surface area contributed by atoms with Crippen molar-refractivity contribution in [3.63, 3.8) is 0 Å². The first-order chi connectivity index (χ1) is 12.5. The number of benzene rings is 1. The van der Waals surface area contributed by atoms with Gasteiger partial charge in [0.25, 0.3) is 0 Å². The molecule has 0 aliphatic heterocycles. The van der Waals surface area contributed by atoms with Crippen molar-refractivity contribution in [2.75, 3.05) is 13.6 Å². The van der Waals surface area contributed by atoms with Crippen LogP contribution >= 0.6 is 0 Å². The predicted octanol–water partition coefficient (Wildman–Crippen LogP) is 2.19. The third-order valence-electron chi connectivity index (χ3n) is 3.99. The number of aromatic nitrogens is 1. The Morgan fingerprint density at radius 1 is 1.23 bits per heavy atom. The molecule has 0 radical (unpaired) electrons. The predicted molar refractivity (Wildman–Crippen MR) is 99.6 cm³/mol. The molecule has 0 saturated carbocycles. The highest BCUT2D eigenvalue weighted by Crippen LogP contribution is 2.15. The number of nitrogens with zero attached hydrogens (tertiary/aromatic N) is 2. The van der Waals surface area contributed by atoms with Gasteiger partial charge in [-0.25, -0.2) is 0 Å². The molecule has 2 amide bonds. The molecule has 0 aliphatic rings. The maximum atomic E-state index is 12.2. The summed E-state index contributed by atoms with van der Waals surface area (Å²) in [5.74, 6) is 0.392. The van der Waals surface area contributed by atoms with Gasteiger partial charge in [-0.1, -0.05) is 18.2 Å². The van der Waals surface area contributed by atoms with E-state index in [9.17, 15) is 9.59 Å². The Bertz CT molecular complexity index is 734. The molecule has 2 rings (SSSR count). The number of hydrogen-bond acceptors (Lipinski definition) is 4. The minimum absolute atomic E-state index is 0.102. The van der Waals surface area contributed by atoms with E-state index in [2.05, 4.69) is 10.3 Å². The van der Waals surface area contributed by atoms with Gasteiger partial charge in [-0.15, -0.1) is 0 Å². The molecule has 2 aromatic rings. The summed E-state index contributed by atoms with van der Waals surface area (Å²) in [6.45, 7) is 4.61. The lowest BCUT2D eigenvalue weighted by molar-refractivity contribution is -0.134. The Hall–Kier alpha value is -2.89. The summed E-state index contributed by atoms with van der Waals surface area (Å²) in [6, 6.07) is 10.6. The molecule has 0 saturated heterocycles.